The molecule has 0 aliphatic rings. The molecular formula is C20H24BrO. The fraction of sp³-hybridized carbons (Fsp3) is 0.350. The van der Waals surface area contributed by atoms with Crippen LogP contribution in [0.15, 0.2) is 28.7 Å². The van der Waals surface area contributed by atoms with Crippen molar-refractivity contribution in [1.82, 2.24) is 0 Å². The first-order chi connectivity index (χ1) is 10.3. The quantitative estimate of drug-likeness (QED) is 0.724. The zero-order valence-electron chi connectivity index (χ0n) is 13.8. The highest BCUT2D eigenvalue weighted by Gasteiger charge is 2.13. The number of phenolic OH excluding ortho intramolecular Hbond substituents is 1. The number of halogens is 1. The lowest BCUT2D eigenvalue weighted by atomic mass is 9.91. The smallest absolute Gasteiger partial charge is 0.133 e. The Hall–Kier alpha value is -1.28. The van der Waals surface area contributed by atoms with Gasteiger partial charge >= 0.3 is 0 Å². The van der Waals surface area contributed by atoms with Gasteiger partial charge in [-0.05, 0) is 94.9 Å². The maximum Gasteiger partial charge on any atom is 0.133 e. The lowest BCUT2D eigenvalue weighted by molar-refractivity contribution is 0.461. The first-order valence-electron chi connectivity index (χ1n) is 7.73. The summed E-state index contributed by atoms with van der Waals surface area (Å²) in [5.74, 6) is 0.659. The maximum atomic E-state index is 10.2. The van der Waals surface area contributed by atoms with Gasteiger partial charge in [0.25, 0.3) is 0 Å². The van der Waals surface area contributed by atoms with Gasteiger partial charge in [-0.2, -0.15) is 0 Å². The molecule has 0 saturated heterocycles. The van der Waals surface area contributed by atoms with Crippen LogP contribution >= 0.6 is 15.9 Å². The summed E-state index contributed by atoms with van der Waals surface area (Å²) in [5, 5.41) is 10.2. The van der Waals surface area contributed by atoms with Crippen molar-refractivity contribution in [3.05, 3.63) is 69.0 Å². The van der Waals surface area contributed by atoms with Crippen molar-refractivity contribution in [2.24, 2.45) is 0 Å². The summed E-state index contributed by atoms with van der Waals surface area (Å²) in [6.45, 7) is 12.5. The van der Waals surface area contributed by atoms with Crippen molar-refractivity contribution in [3.63, 3.8) is 0 Å². The Morgan fingerprint density at radius 1 is 1.05 bits per heavy atom. The van der Waals surface area contributed by atoms with Crippen LogP contribution in [-0.2, 0) is 12.8 Å². The van der Waals surface area contributed by atoms with Gasteiger partial charge in [-0.1, -0.05) is 32.0 Å². The Labute approximate surface area is 142 Å². The highest BCUT2D eigenvalue weighted by Crippen LogP contribution is 2.35. The topological polar surface area (TPSA) is 20.2 Å². The van der Waals surface area contributed by atoms with Gasteiger partial charge in [0.15, 0.2) is 0 Å². The largest absolute Gasteiger partial charge is 0.506 e. The highest BCUT2D eigenvalue weighted by molar-refractivity contribution is 9.10. The Morgan fingerprint density at radius 3 is 2.14 bits per heavy atom. The normalized spacial score (nSPS) is 11.2. The van der Waals surface area contributed by atoms with E-state index < -0.39 is 0 Å². The molecule has 2 aromatic carbocycles. The molecule has 2 rings (SSSR count). The third kappa shape index (κ3) is 3.55. The van der Waals surface area contributed by atoms with Crippen LogP contribution in [0.25, 0.3) is 0 Å². The Bertz CT molecular complexity index is 663. The lowest BCUT2D eigenvalue weighted by Gasteiger charge is -2.16. The molecule has 0 aromatic heterocycles. The van der Waals surface area contributed by atoms with Crippen LogP contribution in [0.1, 0.15) is 53.1 Å². The summed E-state index contributed by atoms with van der Waals surface area (Å²) in [4.78, 5) is 0. The van der Waals surface area contributed by atoms with Crippen molar-refractivity contribution >= 4 is 15.9 Å². The number of aryl methyl sites for hydroxylation is 2. The van der Waals surface area contributed by atoms with Crippen molar-refractivity contribution in [2.45, 2.75) is 46.5 Å². The number of benzene rings is 2. The van der Waals surface area contributed by atoms with Gasteiger partial charge in [0, 0.05) is 0 Å². The van der Waals surface area contributed by atoms with E-state index in [2.05, 4.69) is 68.7 Å². The lowest BCUT2D eigenvalue weighted by Crippen LogP contribution is -2.00. The van der Waals surface area contributed by atoms with E-state index >= 15 is 0 Å². The van der Waals surface area contributed by atoms with E-state index in [0.717, 1.165) is 22.9 Å². The van der Waals surface area contributed by atoms with Gasteiger partial charge in [-0.15, -0.1) is 0 Å². The summed E-state index contributed by atoms with van der Waals surface area (Å²) in [7, 11) is 0. The molecular weight excluding hydrogens is 336 g/mol. The van der Waals surface area contributed by atoms with Crippen LogP contribution < -0.4 is 0 Å². The molecule has 0 atom stereocenters. The SMILES string of the molecule is [CH2]Cc1cc(C)c(Cc2cc(Br)c(O)c(C(C)C)c2)c(C)c1. The molecule has 0 unspecified atom stereocenters. The van der Waals surface area contributed by atoms with E-state index in [9.17, 15) is 5.11 Å². The molecule has 1 N–H and O–H groups in total. The molecule has 0 amide bonds. The molecule has 0 spiro atoms. The monoisotopic (exact) mass is 359 g/mol. The summed E-state index contributed by atoms with van der Waals surface area (Å²) < 4.78 is 0.776. The van der Waals surface area contributed by atoms with Crippen LogP contribution in [-0.4, -0.2) is 5.11 Å². The van der Waals surface area contributed by atoms with Crippen molar-refractivity contribution in [1.29, 1.82) is 0 Å². The molecule has 0 aliphatic heterocycles. The fourth-order valence-electron chi connectivity index (χ4n) is 2.93. The minimum absolute atomic E-state index is 0.298. The van der Waals surface area contributed by atoms with E-state index in [1.807, 2.05) is 6.07 Å². The van der Waals surface area contributed by atoms with Crippen LogP contribution in [0.5, 0.6) is 5.75 Å². The number of phenols is 1. The average molecular weight is 360 g/mol. The molecule has 0 saturated carbocycles. The molecule has 2 heteroatoms. The number of rotatable bonds is 4. The van der Waals surface area contributed by atoms with Gasteiger partial charge in [0.2, 0.25) is 0 Å². The standard InChI is InChI=1S/C20H24BrO/c1-6-15-7-13(4)18(14(5)8-15)10-16-9-17(12(2)3)20(22)19(21)11-16/h7-9,11-12,22H,1,6,10H2,2-5H3. The predicted octanol–water partition coefficient (Wildman–Crippen LogP) is 5.86. The van der Waals surface area contributed by atoms with Gasteiger partial charge < -0.3 is 5.11 Å². The average Bonchev–Trinajstić information content (AvgIpc) is 2.45. The molecule has 0 bridgehead atoms. The van der Waals surface area contributed by atoms with Crippen LogP contribution in [0.3, 0.4) is 0 Å². The molecule has 0 fully saturated rings. The van der Waals surface area contributed by atoms with E-state index in [-0.39, 0.29) is 0 Å². The Balaban J connectivity index is 2.44. The van der Waals surface area contributed by atoms with E-state index in [1.165, 1.54) is 27.8 Å². The molecule has 0 aliphatic carbocycles. The number of aromatic hydroxyl groups is 1. The van der Waals surface area contributed by atoms with E-state index in [0.29, 0.717) is 11.7 Å². The predicted molar refractivity (Wildman–Crippen MR) is 97.7 cm³/mol. The summed E-state index contributed by atoms with van der Waals surface area (Å²) in [5.41, 5.74) is 7.50. The Morgan fingerprint density at radius 2 is 1.64 bits per heavy atom. The third-order valence-corrected chi connectivity index (χ3v) is 4.80. The Kier molecular flexibility index (Phi) is 5.33. The zero-order chi connectivity index (χ0) is 16.4. The minimum atomic E-state index is 0.298. The molecule has 1 nitrogen and oxygen atoms in total. The fourth-order valence-corrected chi connectivity index (χ4v) is 3.45. The first kappa shape index (κ1) is 17.1. The van der Waals surface area contributed by atoms with Gasteiger partial charge in [0.05, 0.1) is 4.47 Å². The summed E-state index contributed by atoms with van der Waals surface area (Å²) in [6.07, 6.45) is 1.71. The minimum Gasteiger partial charge on any atom is -0.506 e. The second-order valence-corrected chi connectivity index (χ2v) is 7.16. The summed E-state index contributed by atoms with van der Waals surface area (Å²) in [6, 6.07) is 8.61. The second-order valence-electron chi connectivity index (χ2n) is 6.31. The van der Waals surface area contributed by atoms with E-state index in [1.54, 1.807) is 0 Å². The second kappa shape index (κ2) is 6.87. The third-order valence-electron chi connectivity index (χ3n) is 4.20. The molecule has 117 valence electrons. The van der Waals surface area contributed by atoms with Crippen molar-refractivity contribution in [2.75, 3.05) is 0 Å². The molecule has 0 heterocycles. The molecule has 22 heavy (non-hydrogen) atoms. The first-order valence-corrected chi connectivity index (χ1v) is 8.52. The van der Waals surface area contributed by atoms with Crippen LogP contribution in [0, 0.1) is 20.8 Å². The highest BCUT2D eigenvalue weighted by atomic mass is 79.9. The summed E-state index contributed by atoms with van der Waals surface area (Å²) >= 11 is 3.48. The van der Waals surface area contributed by atoms with Gasteiger partial charge in [-0.3, -0.25) is 0 Å². The van der Waals surface area contributed by atoms with Crippen LogP contribution in [0.4, 0.5) is 0 Å². The molecule has 2 aromatic rings. The zero-order valence-corrected chi connectivity index (χ0v) is 15.4. The van der Waals surface area contributed by atoms with Gasteiger partial charge in [0.1, 0.15) is 5.75 Å². The van der Waals surface area contributed by atoms with Crippen molar-refractivity contribution in [3.8, 4) is 5.75 Å². The maximum absolute atomic E-state index is 10.2. The van der Waals surface area contributed by atoms with Gasteiger partial charge in [-0.25, -0.2) is 0 Å². The molecule has 1 radical (unpaired) electrons. The van der Waals surface area contributed by atoms with Crippen LogP contribution in [0.2, 0.25) is 0 Å². The van der Waals surface area contributed by atoms with E-state index in [4.69, 9.17) is 0 Å². The van der Waals surface area contributed by atoms with Crippen molar-refractivity contribution < 1.29 is 5.11 Å². The number of hydrogen-bond acceptors (Lipinski definition) is 1. The number of hydrogen-bond donors (Lipinski definition) is 1.